The van der Waals surface area contributed by atoms with Gasteiger partial charge in [0.2, 0.25) is 5.91 Å². The van der Waals surface area contributed by atoms with Gasteiger partial charge in [-0.05, 0) is 74.7 Å². The minimum atomic E-state index is -0.387. The van der Waals surface area contributed by atoms with Crippen LogP contribution in [0, 0.1) is 34.5 Å². The molecular formula is C22H31NO3. The zero-order valence-electron chi connectivity index (χ0n) is 16.4. The molecule has 0 heterocycles. The van der Waals surface area contributed by atoms with Gasteiger partial charge in [-0.1, -0.05) is 12.5 Å². The van der Waals surface area contributed by atoms with E-state index in [9.17, 15) is 14.7 Å². The van der Waals surface area contributed by atoms with Crippen LogP contribution in [0.5, 0.6) is 0 Å². The number of fused-ring (bicyclic) bond motifs is 5. The zero-order valence-corrected chi connectivity index (χ0v) is 16.4. The van der Waals surface area contributed by atoms with Crippen molar-refractivity contribution in [1.29, 1.82) is 0 Å². The van der Waals surface area contributed by atoms with Gasteiger partial charge in [-0.25, -0.2) is 0 Å². The summed E-state index contributed by atoms with van der Waals surface area (Å²) in [4.78, 5) is 26.4. The van der Waals surface area contributed by atoms with Crippen LogP contribution < -0.4 is 0 Å². The zero-order chi connectivity index (χ0) is 18.9. The first-order valence-corrected chi connectivity index (χ1v) is 10.1. The molecule has 1 amide bonds. The molecule has 4 rings (SSSR count). The van der Waals surface area contributed by atoms with Crippen molar-refractivity contribution in [3.05, 3.63) is 23.5 Å². The molecule has 0 radical (unpaired) electrons. The van der Waals surface area contributed by atoms with Gasteiger partial charge in [-0.3, -0.25) is 9.59 Å². The summed E-state index contributed by atoms with van der Waals surface area (Å²) < 4.78 is 0. The summed E-state index contributed by atoms with van der Waals surface area (Å²) >= 11 is 0. The van der Waals surface area contributed by atoms with Crippen LogP contribution in [0.4, 0.5) is 0 Å². The molecule has 0 spiro atoms. The normalized spacial score (nSPS) is 44.4. The van der Waals surface area contributed by atoms with Gasteiger partial charge in [0.15, 0.2) is 5.78 Å². The minimum absolute atomic E-state index is 0.0733. The number of carbonyl (C=O) groups is 2. The van der Waals surface area contributed by atoms with Crippen LogP contribution in [0.25, 0.3) is 0 Å². The maximum absolute atomic E-state index is 12.8. The number of nitrogens with zero attached hydrogens (tertiary/aromatic N) is 1. The second kappa shape index (κ2) is 5.71. The van der Waals surface area contributed by atoms with Crippen LogP contribution in [0.15, 0.2) is 23.5 Å². The van der Waals surface area contributed by atoms with Gasteiger partial charge in [-0.15, -0.1) is 0 Å². The maximum atomic E-state index is 12.8. The number of hydrogen-bond donors (Lipinski definition) is 1. The number of hydrogen-bond acceptors (Lipinski definition) is 3. The Labute approximate surface area is 156 Å². The third-order valence-corrected chi connectivity index (χ3v) is 8.46. The largest absolute Gasteiger partial charge is 0.511 e. The third-order valence-electron chi connectivity index (χ3n) is 8.46. The standard InChI is InChI=1S/C22H31NO3/c1-21-10-9-17-15(16(21)7-8-18(21)20(26)23(3)4)6-5-13-11-14(24)12-19(25)22(13,17)2/h11-12,15-18,25H,5-10H2,1-4H3. The van der Waals surface area contributed by atoms with Gasteiger partial charge < -0.3 is 10.0 Å². The fourth-order valence-electron chi connectivity index (χ4n) is 7.02. The molecule has 0 aliphatic heterocycles. The summed E-state index contributed by atoms with van der Waals surface area (Å²) in [6.45, 7) is 4.47. The lowest BCUT2D eigenvalue weighted by Crippen LogP contribution is -2.52. The fraction of sp³-hybridized carbons (Fsp3) is 0.727. The highest BCUT2D eigenvalue weighted by Gasteiger charge is 2.61. The van der Waals surface area contributed by atoms with Crippen LogP contribution in [-0.4, -0.2) is 35.8 Å². The topological polar surface area (TPSA) is 57.6 Å². The molecule has 0 saturated heterocycles. The fourth-order valence-corrected chi connectivity index (χ4v) is 7.02. The summed E-state index contributed by atoms with van der Waals surface area (Å²) in [5.41, 5.74) is 0.803. The van der Waals surface area contributed by atoms with Crippen molar-refractivity contribution in [2.24, 2.45) is 34.5 Å². The van der Waals surface area contributed by atoms with Crippen molar-refractivity contribution >= 4 is 11.7 Å². The van der Waals surface area contributed by atoms with Crippen molar-refractivity contribution in [2.45, 2.75) is 52.4 Å². The van der Waals surface area contributed by atoms with E-state index in [1.165, 1.54) is 6.08 Å². The van der Waals surface area contributed by atoms with Crippen molar-refractivity contribution in [3.8, 4) is 0 Å². The molecule has 1 N–H and O–H groups in total. The van der Waals surface area contributed by atoms with Crippen LogP contribution in [-0.2, 0) is 9.59 Å². The lowest BCUT2D eigenvalue weighted by Gasteiger charge is -2.57. The summed E-state index contributed by atoms with van der Waals surface area (Å²) in [7, 11) is 3.73. The molecule has 0 aromatic carbocycles. The molecule has 4 heteroatoms. The van der Waals surface area contributed by atoms with Crippen LogP contribution in [0.1, 0.15) is 52.4 Å². The lowest BCUT2D eigenvalue weighted by atomic mass is 9.47. The van der Waals surface area contributed by atoms with E-state index in [1.807, 2.05) is 14.1 Å². The molecule has 6 atom stereocenters. The smallest absolute Gasteiger partial charge is 0.225 e. The first-order valence-electron chi connectivity index (χ1n) is 10.1. The molecule has 6 unspecified atom stereocenters. The first kappa shape index (κ1) is 17.8. The SMILES string of the molecule is CN(C)C(=O)C1CCC2C3CCC4=CC(=O)C=C(O)C4(C)C3CCC12C. The van der Waals surface area contributed by atoms with Gasteiger partial charge in [0.25, 0.3) is 0 Å². The van der Waals surface area contributed by atoms with Gasteiger partial charge >= 0.3 is 0 Å². The van der Waals surface area contributed by atoms with E-state index in [1.54, 1.807) is 11.0 Å². The van der Waals surface area contributed by atoms with Gasteiger partial charge in [0.1, 0.15) is 5.76 Å². The Morgan fingerprint density at radius 3 is 2.54 bits per heavy atom. The Kier molecular flexibility index (Phi) is 3.91. The van der Waals surface area contributed by atoms with Gasteiger partial charge in [0.05, 0.1) is 0 Å². The van der Waals surface area contributed by atoms with E-state index in [0.29, 0.717) is 17.8 Å². The molecule has 0 aromatic heterocycles. The van der Waals surface area contributed by atoms with Crippen LogP contribution in [0.2, 0.25) is 0 Å². The average molecular weight is 357 g/mol. The van der Waals surface area contributed by atoms with Crippen molar-refractivity contribution < 1.29 is 14.7 Å². The highest BCUT2D eigenvalue weighted by Crippen LogP contribution is 2.66. The highest BCUT2D eigenvalue weighted by atomic mass is 16.3. The van der Waals surface area contributed by atoms with Gasteiger partial charge in [0, 0.05) is 31.5 Å². The Morgan fingerprint density at radius 1 is 1.12 bits per heavy atom. The number of aliphatic hydroxyl groups is 1. The summed E-state index contributed by atoms with van der Waals surface area (Å²) in [5.74, 6) is 2.04. The molecule has 0 aromatic rings. The molecule has 4 nitrogen and oxygen atoms in total. The number of aliphatic hydroxyl groups excluding tert-OH is 1. The first-order chi connectivity index (χ1) is 12.2. The van der Waals surface area contributed by atoms with E-state index < -0.39 is 0 Å². The third kappa shape index (κ3) is 2.20. The molecule has 26 heavy (non-hydrogen) atoms. The molecule has 4 aliphatic rings. The Balaban J connectivity index is 1.67. The molecular weight excluding hydrogens is 326 g/mol. The van der Waals surface area contributed by atoms with Crippen molar-refractivity contribution in [1.82, 2.24) is 4.90 Å². The molecule has 4 aliphatic carbocycles. The Morgan fingerprint density at radius 2 is 1.85 bits per heavy atom. The predicted molar refractivity (Wildman–Crippen MR) is 100 cm³/mol. The Bertz CT molecular complexity index is 721. The maximum Gasteiger partial charge on any atom is 0.225 e. The second-order valence-corrected chi connectivity index (χ2v) is 9.63. The second-order valence-electron chi connectivity index (χ2n) is 9.63. The van der Waals surface area contributed by atoms with E-state index in [4.69, 9.17) is 0 Å². The average Bonchev–Trinajstić information content (AvgIpc) is 2.92. The van der Waals surface area contributed by atoms with Crippen LogP contribution >= 0.6 is 0 Å². The summed E-state index contributed by atoms with van der Waals surface area (Å²) in [5, 5.41) is 10.7. The van der Waals surface area contributed by atoms with E-state index >= 15 is 0 Å². The van der Waals surface area contributed by atoms with Crippen molar-refractivity contribution in [2.75, 3.05) is 14.1 Å². The quantitative estimate of drug-likeness (QED) is 0.775. The lowest BCUT2D eigenvalue weighted by molar-refractivity contribution is -0.140. The summed E-state index contributed by atoms with van der Waals surface area (Å²) in [6.07, 6.45) is 9.31. The number of ketones is 1. The molecule has 3 fully saturated rings. The number of amides is 1. The summed E-state index contributed by atoms with van der Waals surface area (Å²) in [6, 6.07) is 0. The predicted octanol–water partition coefficient (Wildman–Crippen LogP) is 3.88. The van der Waals surface area contributed by atoms with E-state index in [0.717, 1.165) is 44.1 Å². The Hall–Kier alpha value is -1.58. The number of carbonyl (C=O) groups excluding carboxylic acids is 2. The van der Waals surface area contributed by atoms with E-state index in [-0.39, 0.29) is 34.2 Å². The highest BCUT2D eigenvalue weighted by molar-refractivity contribution is 6.01. The van der Waals surface area contributed by atoms with Gasteiger partial charge in [-0.2, -0.15) is 0 Å². The number of allylic oxidation sites excluding steroid dienone is 3. The monoisotopic (exact) mass is 357 g/mol. The van der Waals surface area contributed by atoms with E-state index in [2.05, 4.69) is 13.8 Å². The van der Waals surface area contributed by atoms with Crippen molar-refractivity contribution in [3.63, 3.8) is 0 Å². The molecule has 0 bridgehead atoms. The minimum Gasteiger partial charge on any atom is -0.511 e. The molecule has 3 saturated carbocycles. The molecule has 142 valence electrons. The number of rotatable bonds is 1. The van der Waals surface area contributed by atoms with Crippen LogP contribution in [0.3, 0.4) is 0 Å².